The molecule has 5 heteroatoms. The molecule has 1 heterocycles. The monoisotopic (exact) mass is 322 g/mol. The van der Waals surface area contributed by atoms with Crippen molar-refractivity contribution in [1.82, 2.24) is 14.7 Å². The molecule has 0 saturated heterocycles. The summed E-state index contributed by atoms with van der Waals surface area (Å²) >= 11 is 0. The van der Waals surface area contributed by atoms with Crippen LogP contribution in [0.5, 0.6) is 0 Å². The topological polar surface area (TPSA) is 41.4 Å². The molecular formula is C19H22N4O. The Bertz CT molecular complexity index is 884. The van der Waals surface area contributed by atoms with Crippen molar-refractivity contribution in [2.24, 2.45) is 0 Å². The summed E-state index contributed by atoms with van der Waals surface area (Å²) < 4.78 is 1.51. The van der Waals surface area contributed by atoms with Gasteiger partial charge >= 0.3 is 0 Å². The number of rotatable bonds is 5. The number of hydrogen-bond acceptors (Lipinski definition) is 4. The molecule has 0 bridgehead atoms. The molecule has 0 aliphatic rings. The van der Waals surface area contributed by atoms with Gasteiger partial charge in [-0.15, -0.1) is 0 Å². The molecule has 124 valence electrons. The highest BCUT2D eigenvalue weighted by atomic mass is 16.1. The highest BCUT2D eigenvalue weighted by molar-refractivity contribution is 5.80. The summed E-state index contributed by atoms with van der Waals surface area (Å²) in [6, 6.07) is 16.0. The van der Waals surface area contributed by atoms with Crippen molar-refractivity contribution in [3.63, 3.8) is 0 Å². The van der Waals surface area contributed by atoms with Crippen molar-refractivity contribution < 1.29 is 0 Å². The van der Waals surface area contributed by atoms with E-state index in [4.69, 9.17) is 0 Å². The smallest absolute Gasteiger partial charge is 0.275 e. The fraction of sp³-hybridized carbons (Fsp3) is 0.263. The molecule has 0 amide bonds. The van der Waals surface area contributed by atoms with Gasteiger partial charge in [0, 0.05) is 31.7 Å². The van der Waals surface area contributed by atoms with Crippen molar-refractivity contribution in [2.45, 2.75) is 13.2 Å². The average molecular weight is 322 g/mol. The average Bonchev–Trinajstić information content (AvgIpc) is 2.58. The van der Waals surface area contributed by atoms with Crippen LogP contribution in [-0.4, -0.2) is 35.8 Å². The largest absolute Gasteiger partial charge is 0.378 e. The van der Waals surface area contributed by atoms with Crippen LogP contribution in [-0.2, 0) is 13.2 Å². The lowest BCUT2D eigenvalue weighted by Gasteiger charge is -2.18. The van der Waals surface area contributed by atoms with Crippen LogP contribution >= 0.6 is 0 Å². The molecule has 0 N–H and O–H groups in total. The maximum Gasteiger partial charge on any atom is 0.275 e. The first-order valence-electron chi connectivity index (χ1n) is 7.94. The number of fused-ring (bicyclic) bond motifs is 1. The Morgan fingerprint density at radius 1 is 1.00 bits per heavy atom. The van der Waals surface area contributed by atoms with Crippen LogP contribution in [0.2, 0.25) is 0 Å². The molecule has 0 spiro atoms. The van der Waals surface area contributed by atoms with Crippen LogP contribution in [0.3, 0.4) is 0 Å². The molecule has 0 radical (unpaired) electrons. The van der Waals surface area contributed by atoms with Crippen LogP contribution in [0.1, 0.15) is 5.56 Å². The first-order valence-corrected chi connectivity index (χ1v) is 7.94. The number of nitrogens with zero attached hydrogens (tertiary/aromatic N) is 4. The predicted molar refractivity (Wildman–Crippen MR) is 98.2 cm³/mol. The lowest BCUT2D eigenvalue weighted by Crippen LogP contribution is -2.31. The zero-order chi connectivity index (χ0) is 17.1. The summed E-state index contributed by atoms with van der Waals surface area (Å²) in [5.41, 5.74) is 2.33. The molecule has 0 aliphatic heterocycles. The van der Waals surface area contributed by atoms with Gasteiger partial charge in [0.1, 0.15) is 0 Å². The third-order valence-electron chi connectivity index (χ3n) is 4.04. The molecule has 24 heavy (non-hydrogen) atoms. The normalized spacial score (nSPS) is 11.2. The van der Waals surface area contributed by atoms with E-state index in [1.807, 2.05) is 45.4 Å². The van der Waals surface area contributed by atoms with Crippen LogP contribution < -0.4 is 10.5 Å². The summed E-state index contributed by atoms with van der Waals surface area (Å²) in [7, 11) is 6.04. The van der Waals surface area contributed by atoms with Gasteiger partial charge in [0.15, 0.2) is 0 Å². The van der Waals surface area contributed by atoms with Crippen LogP contribution in [0, 0.1) is 0 Å². The SMILES string of the molecule is CN(Cc1ccc(N(C)C)cc1)Cn1ncc2ccccc2c1=O. The van der Waals surface area contributed by atoms with E-state index in [0.717, 1.165) is 11.9 Å². The molecule has 0 aliphatic carbocycles. The van der Waals surface area contributed by atoms with Crippen molar-refractivity contribution in [3.05, 3.63) is 70.6 Å². The van der Waals surface area contributed by atoms with Gasteiger partial charge in [0.25, 0.3) is 5.56 Å². The summed E-state index contributed by atoms with van der Waals surface area (Å²) in [5, 5.41) is 5.86. The number of aromatic nitrogens is 2. The molecule has 2 aromatic carbocycles. The van der Waals surface area contributed by atoms with E-state index in [2.05, 4.69) is 39.2 Å². The highest BCUT2D eigenvalue weighted by Gasteiger charge is 2.07. The van der Waals surface area contributed by atoms with E-state index in [1.54, 1.807) is 6.20 Å². The lowest BCUT2D eigenvalue weighted by molar-refractivity contribution is 0.241. The third-order valence-corrected chi connectivity index (χ3v) is 4.04. The predicted octanol–water partition coefficient (Wildman–Crippen LogP) is 2.55. The van der Waals surface area contributed by atoms with E-state index in [1.165, 1.54) is 15.9 Å². The summed E-state index contributed by atoms with van der Waals surface area (Å²) in [6.45, 7) is 1.22. The Morgan fingerprint density at radius 2 is 1.71 bits per heavy atom. The van der Waals surface area contributed by atoms with Crippen LogP contribution in [0.15, 0.2) is 59.5 Å². The van der Waals surface area contributed by atoms with Gasteiger partial charge in [-0.3, -0.25) is 9.69 Å². The Labute approximate surface area is 141 Å². The van der Waals surface area contributed by atoms with Gasteiger partial charge < -0.3 is 4.90 Å². The molecule has 1 aromatic heterocycles. The number of benzene rings is 2. The molecular weight excluding hydrogens is 300 g/mol. The van der Waals surface area contributed by atoms with Gasteiger partial charge in [-0.05, 0) is 30.8 Å². The number of hydrogen-bond donors (Lipinski definition) is 0. The van der Waals surface area contributed by atoms with E-state index in [0.29, 0.717) is 12.1 Å². The van der Waals surface area contributed by atoms with E-state index >= 15 is 0 Å². The van der Waals surface area contributed by atoms with Gasteiger partial charge in [-0.25, -0.2) is 4.68 Å². The van der Waals surface area contributed by atoms with Crippen molar-refractivity contribution in [3.8, 4) is 0 Å². The summed E-state index contributed by atoms with van der Waals surface area (Å²) in [6.07, 6.45) is 1.75. The fourth-order valence-electron chi connectivity index (χ4n) is 2.72. The maximum absolute atomic E-state index is 12.5. The summed E-state index contributed by atoms with van der Waals surface area (Å²) in [4.78, 5) is 16.7. The van der Waals surface area contributed by atoms with Crippen LogP contribution in [0.4, 0.5) is 5.69 Å². The van der Waals surface area contributed by atoms with Crippen molar-refractivity contribution >= 4 is 16.5 Å². The summed E-state index contributed by atoms with van der Waals surface area (Å²) in [5.74, 6) is 0. The third kappa shape index (κ3) is 3.46. The molecule has 0 unspecified atom stereocenters. The minimum atomic E-state index is -0.0529. The van der Waals surface area contributed by atoms with E-state index in [9.17, 15) is 4.79 Å². The van der Waals surface area contributed by atoms with Gasteiger partial charge in [0.2, 0.25) is 0 Å². The van der Waals surface area contributed by atoms with Gasteiger partial charge in [-0.1, -0.05) is 30.3 Å². The second-order valence-electron chi connectivity index (χ2n) is 6.25. The van der Waals surface area contributed by atoms with Crippen LogP contribution in [0.25, 0.3) is 10.8 Å². The van der Waals surface area contributed by atoms with E-state index in [-0.39, 0.29) is 5.56 Å². The molecule has 3 aromatic rings. The Morgan fingerprint density at radius 3 is 2.42 bits per heavy atom. The quantitative estimate of drug-likeness (QED) is 0.724. The Hall–Kier alpha value is -2.66. The Balaban J connectivity index is 1.74. The highest BCUT2D eigenvalue weighted by Crippen LogP contribution is 2.13. The minimum Gasteiger partial charge on any atom is -0.378 e. The fourth-order valence-corrected chi connectivity index (χ4v) is 2.72. The van der Waals surface area contributed by atoms with E-state index < -0.39 is 0 Å². The number of anilines is 1. The molecule has 0 fully saturated rings. The zero-order valence-corrected chi connectivity index (χ0v) is 14.3. The Kier molecular flexibility index (Phi) is 4.62. The van der Waals surface area contributed by atoms with Crippen molar-refractivity contribution in [1.29, 1.82) is 0 Å². The first-order chi connectivity index (χ1) is 11.5. The standard InChI is InChI=1S/C19H22N4O/c1-21(2)17-10-8-15(9-11-17)13-22(3)14-23-19(24)18-7-5-4-6-16(18)12-20-23/h4-12H,13-14H2,1-3H3. The molecule has 0 saturated carbocycles. The first kappa shape index (κ1) is 16.2. The van der Waals surface area contributed by atoms with Gasteiger partial charge in [0.05, 0.1) is 18.3 Å². The second kappa shape index (κ2) is 6.84. The molecule has 0 atom stereocenters. The minimum absolute atomic E-state index is 0.0529. The lowest BCUT2D eigenvalue weighted by atomic mass is 10.2. The second-order valence-corrected chi connectivity index (χ2v) is 6.25. The molecule has 3 rings (SSSR count). The van der Waals surface area contributed by atoms with Crippen molar-refractivity contribution in [2.75, 3.05) is 26.0 Å². The van der Waals surface area contributed by atoms with Gasteiger partial charge in [-0.2, -0.15) is 5.10 Å². The maximum atomic E-state index is 12.5. The molecule has 5 nitrogen and oxygen atoms in total. The zero-order valence-electron chi connectivity index (χ0n) is 14.3.